The summed E-state index contributed by atoms with van der Waals surface area (Å²) in [5, 5.41) is 7.54. The Hall–Kier alpha value is -3.06. The van der Waals surface area contributed by atoms with Crippen LogP contribution in [0.5, 0.6) is 0 Å². The van der Waals surface area contributed by atoms with Gasteiger partial charge in [-0.25, -0.2) is 4.39 Å². The third kappa shape index (κ3) is 4.83. The number of aryl methyl sites for hydroxylation is 1. The van der Waals surface area contributed by atoms with Gasteiger partial charge in [0.2, 0.25) is 0 Å². The molecule has 1 aromatic carbocycles. The Bertz CT molecular complexity index is 1130. The molecule has 0 saturated carbocycles. The monoisotopic (exact) mass is 448 g/mol. The predicted octanol–water partition coefficient (Wildman–Crippen LogP) is 4.41. The van der Waals surface area contributed by atoms with Gasteiger partial charge in [0.05, 0.1) is 18.8 Å². The molecule has 0 unspecified atom stereocenters. The predicted molar refractivity (Wildman–Crippen MR) is 123 cm³/mol. The van der Waals surface area contributed by atoms with Gasteiger partial charge >= 0.3 is 0 Å². The number of hydrogen-bond donors (Lipinski definition) is 1. The highest BCUT2D eigenvalue weighted by Crippen LogP contribution is 2.26. The quantitative estimate of drug-likeness (QED) is 0.642. The van der Waals surface area contributed by atoms with E-state index < -0.39 is 0 Å². The molecule has 33 heavy (non-hydrogen) atoms. The van der Waals surface area contributed by atoms with Crippen molar-refractivity contribution in [1.82, 2.24) is 20.1 Å². The van der Waals surface area contributed by atoms with Gasteiger partial charge in [-0.3, -0.25) is 14.9 Å². The minimum Gasteiger partial charge on any atom is -0.368 e. The van der Waals surface area contributed by atoms with Crippen molar-refractivity contribution in [2.75, 3.05) is 19.7 Å². The Labute approximate surface area is 193 Å². The summed E-state index contributed by atoms with van der Waals surface area (Å²) < 4.78 is 20.0. The number of rotatable bonds is 4. The van der Waals surface area contributed by atoms with Crippen molar-refractivity contribution in [2.24, 2.45) is 0 Å². The minimum atomic E-state index is -0.316. The Balaban J connectivity index is 1.31. The van der Waals surface area contributed by atoms with Gasteiger partial charge in [0.15, 0.2) is 5.69 Å². The lowest BCUT2D eigenvalue weighted by Crippen LogP contribution is -2.43. The number of amides is 1. The number of fused-ring (bicyclic) bond motifs is 1. The number of nitrogens with one attached hydrogen (secondary N) is 1. The van der Waals surface area contributed by atoms with Gasteiger partial charge in [-0.2, -0.15) is 5.10 Å². The highest BCUT2D eigenvalue weighted by Gasteiger charge is 2.30. The number of carbonyl (C=O) groups excluding carboxylic acids is 1. The van der Waals surface area contributed by atoms with Gasteiger partial charge in [0.1, 0.15) is 11.9 Å². The van der Waals surface area contributed by atoms with E-state index in [9.17, 15) is 9.18 Å². The van der Waals surface area contributed by atoms with Crippen LogP contribution in [-0.2, 0) is 24.0 Å². The van der Waals surface area contributed by atoms with E-state index in [0.29, 0.717) is 37.4 Å². The van der Waals surface area contributed by atoms with Crippen molar-refractivity contribution >= 4 is 5.91 Å². The minimum absolute atomic E-state index is 0.0381. The lowest BCUT2D eigenvalue weighted by atomic mass is 9.96. The fraction of sp³-hybridized carbons (Fsp3) is 0.423. The third-order valence-corrected chi connectivity index (χ3v) is 6.60. The van der Waals surface area contributed by atoms with Crippen LogP contribution in [0.1, 0.15) is 70.5 Å². The number of morpholine rings is 1. The molecule has 1 fully saturated rings. The molecular weight excluding hydrogens is 419 g/mol. The first-order chi connectivity index (χ1) is 16.2. The first kappa shape index (κ1) is 21.8. The van der Waals surface area contributed by atoms with Crippen molar-refractivity contribution in [2.45, 2.75) is 51.0 Å². The van der Waals surface area contributed by atoms with E-state index in [1.165, 1.54) is 18.9 Å². The summed E-state index contributed by atoms with van der Waals surface area (Å²) in [4.78, 5) is 19.9. The highest BCUT2D eigenvalue weighted by molar-refractivity contribution is 5.94. The molecule has 1 aliphatic heterocycles. The number of halogens is 1. The molecule has 0 bridgehead atoms. The Morgan fingerprint density at radius 1 is 1.09 bits per heavy atom. The molecule has 6 nitrogen and oxygen atoms in total. The average Bonchev–Trinajstić information content (AvgIpc) is 3.21. The SMILES string of the molecule is O=C(c1n[nH]c2c1CCCCCC2)N1CCO[C@H](c2cccc(Cc3ccccc3F)n2)C1. The lowest BCUT2D eigenvalue weighted by Gasteiger charge is -2.32. The van der Waals surface area contributed by atoms with Gasteiger partial charge in [-0.15, -0.1) is 0 Å². The highest BCUT2D eigenvalue weighted by atomic mass is 19.1. The molecule has 1 aliphatic carbocycles. The maximum absolute atomic E-state index is 14.1. The van der Waals surface area contributed by atoms with Gasteiger partial charge < -0.3 is 9.64 Å². The van der Waals surface area contributed by atoms with Gasteiger partial charge in [-0.1, -0.05) is 37.1 Å². The number of hydrogen-bond acceptors (Lipinski definition) is 4. The van der Waals surface area contributed by atoms with Crippen molar-refractivity contribution in [3.05, 3.63) is 82.2 Å². The molecule has 3 aromatic rings. The maximum Gasteiger partial charge on any atom is 0.274 e. The van der Waals surface area contributed by atoms with Crippen LogP contribution in [0.2, 0.25) is 0 Å². The van der Waals surface area contributed by atoms with Crippen molar-refractivity contribution in [1.29, 1.82) is 0 Å². The molecule has 1 atom stereocenters. The molecule has 0 radical (unpaired) electrons. The number of H-pyrrole nitrogens is 1. The molecule has 3 heterocycles. The zero-order chi connectivity index (χ0) is 22.6. The molecule has 1 amide bonds. The molecule has 7 heteroatoms. The second kappa shape index (κ2) is 9.83. The van der Waals surface area contributed by atoms with E-state index in [2.05, 4.69) is 10.2 Å². The van der Waals surface area contributed by atoms with Crippen LogP contribution < -0.4 is 0 Å². The van der Waals surface area contributed by atoms with Crippen LogP contribution in [-0.4, -0.2) is 45.7 Å². The van der Waals surface area contributed by atoms with Gasteiger partial charge in [-0.05, 0) is 49.4 Å². The second-order valence-electron chi connectivity index (χ2n) is 8.88. The number of nitrogens with zero attached hydrogens (tertiary/aromatic N) is 3. The van der Waals surface area contributed by atoms with Crippen molar-refractivity contribution in [3.8, 4) is 0 Å². The normalized spacial score (nSPS) is 18.9. The Morgan fingerprint density at radius 3 is 2.82 bits per heavy atom. The zero-order valence-corrected chi connectivity index (χ0v) is 18.7. The number of carbonyl (C=O) groups is 1. The summed E-state index contributed by atoms with van der Waals surface area (Å²) in [7, 11) is 0. The van der Waals surface area contributed by atoms with Crippen molar-refractivity contribution in [3.63, 3.8) is 0 Å². The van der Waals surface area contributed by atoms with Crippen LogP contribution >= 0.6 is 0 Å². The van der Waals surface area contributed by atoms with Gasteiger partial charge in [0.25, 0.3) is 5.91 Å². The number of ether oxygens (including phenoxy) is 1. The Morgan fingerprint density at radius 2 is 1.94 bits per heavy atom. The van der Waals surface area contributed by atoms with Crippen LogP contribution in [0, 0.1) is 5.82 Å². The standard InChI is InChI=1S/C26H29FN4O2/c27-21-11-6-5-8-18(21)16-19-9-7-13-23(28-19)24-17-31(14-15-33-24)26(32)25-20-10-3-1-2-4-12-22(20)29-30-25/h5-9,11,13,24H,1-4,10,12,14-17H2,(H,29,30)/t24-/m0/s1. The number of aromatic amines is 1. The topological polar surface area (TPSA) is 71.1 Å². The summed E-state index contributed by atoms with van der Waals surface area (Å²) >= 11 is 0. The van der Waals surface area contributed by atoms with E-state index in [0.717, 1.165) is 48.3 Å². The molecule has 1 saturated heterocycles. The van der Waals surface area contributed by atoms with Gasteiger partial charge in [0, 0.05) is 29.9 Å². The van der Waals surface area contributed by atoms with Crippen LogP contribution in [0.4, 0.5) is 4.39 Å². The molecule has 0 spiro atoms. The van der Waals surface area contributed by atoms with Crippen LogP contribution in [0.15, 0.2) is 42.5 Å². The smallest absolute Gasteiger partial charge is 0.274 e. The largest absolute Gasteiger partial charge is 0.368 e. The first-order valence-electron chi connectivity index (χ1n) is 11.9. The fourth-order valence-corrected chi connectivity index (χ4v) is 4.79. The second-order valence-corrected chi connectivity index (χ2v) is 8.88. The fourth-order valence-electron chi connectivity index (χ4n) is 4.79. The lowest BCUT2D eigenvalue weighted by molar-refractivity contribution is -0.0250. The molecule has 2 aliphatic rings. The molecule has 5 rings (SSSR count). The maximum atomic E-state index is 14.1. The molecule has 1 N–H and O–H groups in total. The van der Waals surface area contributed by atoms with E-state index in [4.69, 9.17) is 9.72 Å². The number of benzene rings is 1. The Kier molecular flexibility index (Phi) is 6.48. The number of aromatic nitrogens is 3. The van der Waals surface area contributed by atoms with E-state index in [1.807, 2.05) is 29.2 Å². The molecule has 172 valence electrons. The average molecular weight is 449 g/mol. The zero-order valence-electron chi connectivity index (χ0n) is 18.7. The van der Waals surface area contributed by atoms with Crippen LogP contribution in [0.25, 0.3) is 0 Å². The summed E-state index contributed by atoms with van der Waals surface area (Å²) in [5.41, 5.74) is 4.92. The first-order valence-corrected chi connectivity index (χ1v) is 11.9. The summed E-state index contributed by atoms with van der Waals surface area (Å²) in [6.45, 7) is 1.41. The summed E-state index contributed by atoms with van der Waals surface area (Å²) in [6.07, 6.45) is 6.62. The van der Waals surface area contributed by atoms with Crippen LogP contribution in [0.3, 0.4) is 0 Å². The van der Waals surface area contributed by atoms with Crippen molar-refractivity contribution < 1.29 is 13.9 Å². The van der Waals surface area contributed by atoms with E-state index in [1.54, 1.807) is 12.1 Å². The molecular formula is C26H29FN4O2. The molecule has 2 aromatic heterocycles. The summed E-state index contributed by atoms with van der Waals surface area (Å²) in [6, 6.07) is 12.5. The van der Waals surface area contributed by atoms with E-state index in [-0.39, 0.29) is 17.8 Å². The summed E-state index contributed by atoms with van der Waals surface area (Å²) in [5.74, 6) is -0.270. The third-order valence-electron chi connectivity index (χ3n) is 6.60. The van der Waals surface area contributed by atoms with E-state index >= 15 is 0 Å². The number of pyridine rings is 1.